The fourth-order valence-corrected chi connectivity index (χ4v) is 12.9. The van der Waals surface area contributed by atoms with Gasteiger partial charge >= 0.3 is 0 Å². The van der Waals surface area contributed by atoms with Crippen LogP contribution in [-0.4, -0.2) is 6.71 Å². The molecule has 15 rings (SSSR count). The Hall–Kier alpha value is -10.5. The molecular weight excluding hydrogens is 988 g/mol. The molecule has 0 fully saturated rings. The summed E-state index contributed by atoms with van der Waals surface area (Å²) in [5.41, 5.74) is 30.7. The quantitative estimate of drug-likeness (QED) is 0.126. The van der Waals surface area contributed by atoms with Crippen LogP contribution >= 0.6 is 0 Å². The highest BCUT2D eigenvalue weighted by Gasteiger charge is 2.44. The zero-order chi connectivity index (χ0) is 54.5. The maximum absolute atomic E-state index is 2.58. The van der Waals surface area contributed by atoms with E-state index < -0.39 is 0 Å². The Kier molecular flexibility index (Phi) is 12.2. The van der Waals surface area contributed by atoms with E-state index in [-0.39, 0.29) is 6.71 Å². The topological polar surface area (TPSA) is 6.48 Å². The van der Waals surface area contributed by atoms with Crippen LogP contribution in [0, 0.1) is 6.92 Å². The lowest BCUT2D eigenvalue weighted by atomic mass is 9.33. The molecule has 0 bridgehead atoms. The molecule has 0 amide bonds. The van der Waals surface area contributed by atoms with Crippen molar-refractivity contribution in [3.8, 4) is 89.0 Å². The first-order chi connectivity index (χ1) is 40.6. The molecule has 0 aromatic heterocycles. The molecule has 0 saturated carbocycles. The van der Waals surface area contributed by atoms with Crippen molar-refractivity contribution in [1.82, 2.24) is 0 Å². The van der Waals surface area contributed by atoms with Gasteiger partial charge in [0.2, 0.25) is 0 Å². The van der Waals surface area contributed by atoms with Crippen molar-refractivity contribution >= 4 is 57.2 Å². The van der Waals surface area contributed by atoms with E-state index in [1.807, 2.05) is 0 Å². The molecule has 0 atom stereocenters. The summed E-state index contributed by atoms with van der Waals surface area (Å²) in [6, 6.07) is 117. The molecule has 384 valence electrons. The summed E-state index contributed by atoms with van der Waals surface area (Å²) < 4.78 is 0. The Morgan fingerprint density at radius 1 is 0.220 bits per heavy atom. The van der Waals surface area contributed by atoms with Crippen LogP contribution in [0.2, 0.25) is 0 Å². The van der Waals surface area contributed by atoms with Gasteiger partial charge in [-0.1, -0.05) is 255 Å². The zero-order valence-electron chi connectivity index (χ0n) is 45.5. The maximum Gasteiger partial charge on any atom is 0.252 e. The molecule has 82 heavy (non-hydrogen) atoms. The van der Waals surface area contributed by atoms with Crippen LogP contribution in [0.3, 0.4) is 0 Å². The average molecular weight is 1040 g/mol. The van der Waals surface area contributed by atoms with Crippen molar-refractivity contribution in [2.45, 2.75) is 6.92 Å². The molecule has 13 aromatic carbocycles. The molecule has 13 aromatic rings. The summed E-state index contributed by atoms with van der Waals surface area (Å²) in [5, 5.41) is 0. The van der Waals surface area contributed by atoms with Gasteiger partial charge in [-0.15, -0.1) is 0 Å². The summed E-state index contributed by atoms with van der Waals surface area (Å²) in [6.07, 6.45) is 0. The number of anilines is 6. The van der Waals surface area contributed by atoms with Crippen molar-refractivity contribution in [2.24, 2.45) is 0 Å². The number of aryl methyl sites for hydroxylation is 1. The Labute approximate surface area is 481 Å². The molecule has 2 nitrogen and oxygen atoms in total. The van der Waals surface area contributed by atoms with Crippen LogP contribution in [0.1, 0.15) is 5.56 Å². The van der Waals surface area contributed by atoms with Crippen molar-refractivity contribution in [3.63, 3.8) is 0 Å². The number of rotatable bonds is 10. The van der Waals surface area contributed by atoms with Crippen LogP contribution in [0.15, 0.2) is 315 Å². The zero-order valence-corrected chi connectivity index (χ0v) is 45.5. The van der Waals surface area contributed by atoms with Gasteiger partial charge in [-0.25, -0.2) is 0 Å². The molecule has 2 heterocycles. The van der Waals surface area contributed by atoms with E-state index in [1.165, 1.54) is 100 Å². The van der Waals surface area contributed by atoms with Crippen molar-refractivity contribution in [3.05, 3.63) is 321 Å². The number of hydrogen-bond donors (Lipinski definition) is 0. The highest BCUT2D eigenvalue weighted by Crippen LogP contribution is 2.49. The van der Waals surface area contributed by atoms with E-state index >= 15 is 0 Å². The standard InChI is InChI=1S/C79H55BN2/c1-54-44-77-79-78(45-54)82(68-50-65(57-28-12-4-13-29-57)47-66(51-68)58-30-14-5-15-31-58)76-43-41-62(72-39-23-21-37-70(72)60-34-18-7-19-35-60)53-74(76)80(79)73-52-61(71-38-22-20-36-69(71)59-32-16-6-17-33-59)40-42-75(73)81(77)67-48-63(55-24-8-2-9-25-55)46-64(49-67)56-26-10-3-11-27-56/h2-53H,1H3. The molecule has 0 N–H and O–H groups in total. The third-order valence-corrected chi connectivity index (χ3v) is 16.6. The van der Waals surface area contributed by atoms with Crippen molar-refractivity contribution < 1.29 is 0 Å². The fourth-order valence-electron chi connectivity index (χ4n) is 12.9. The van der Waals surface area contributed by atoms with Gasteiger partial charge in [0.15, 0.2) is 0 Å². The first-order valence-electron chi connectivity index (χ1n) is 28.4. The highest BCUT2D eigenvalue weighted by molar-refractivity contribution is 7.00. The minimum absolute atomic E-state index is 0.160. The van der Waals surface area contributed by atoms with E-state index in [4.69, 9.17) is 0 Å². The number of benzene rings is 13. The third-order valence-electron chi connectivity index (χ3n) is 16.6. The largest absolute Gasteiger partial charge is 0.311 e. The molecule has 0 unspecified atom stereocenters. The van der Waals surface area contributed by atoms with Crippen LogP contribution in [0.5, 0.6) is 0 Å². The lowest BCUT2D eigenvalue weighted by Gasteiger charge is -2.45. The van der Waals surface area contributed by atoms with E-state index in [2.05, 4.69) is 332 Å². The lowest BCUT2D eigenvalue weighted by Crippen LogP contribution is -2.61. The number of hydrogen-bond acceptors (Lipinski definition) is 2. The first kappa shape index (κ1) is 48.6. The molecule has 0 saturated heterocycles. The highest BCUT2D eigenvalue weighted by atomic mass is 15.2. The maximum atomic E-state index is 2.58. The number of nitrogens with zero attached hydrogens (tertiary/aromatic N) is 2. The van der Waals surface area contributed by atoms with Gasteiger partial charge in [-0.05, 0) is 179 Å². The predicted molar refractivity (Wildman–Crippen MR) is 349 cm³/mol. The van der Waals surface area contributed by atoms with Crippen molar-refractivity contribution in [2.75, 3.05) is 9.80 Å². The summed E-state index contributed by atoms with van der Waals surface area (Å²) in [4.78, 5) is 5.16. The normalized spacial score (nSPS) is 12.1. The minimum Gasteiger partial charge on any atom is -0.311 e. The van der Waals surface area contributed by atoms with Gasteiger partial charge in [0, 0.05) is 34.1 Å². The second-order valence-electron chi connectivity index (χ2n) is 21.7. The molecule has 3 heteroatoms. The van der Waals surface area contributed by atoms with E-state index in [0.717, 1.165) is 45.0 Å². The van der Waals surface area contributed by atoms with Gasteiger partial charge in [0.25, 0.3) is 6.71 Å². The summed E-state index contributed by atoms with van der Waals surface area (Å²) in [5.74, 6) is 0. The van der Waals surface area contributed by atoms with Gasteiger partial charge in [-0.2, -0.15) is 0 Å². The van der Waals surface area contributed by atoms with Crippen LogP contribution < -0.4 is 26.2 Å². The van der Waals surface area contributed by atoms with Gasteiger partial charge in [0.1, 0.15) is 0 Å². The minimum atomic E-state index is -0.160. The predicted octanol–water partition coefficient (Wildman–Crippen LogP) is 19.4. The summed E-state index contributed by atoms with van der Waals surface area (Å²) in [6.45, 7) is 2.11. The van der Waals surface area contributed by atoms with E-state index in [1.54, 1.807) is 0 Å². The summed E-state index contributed by atoms with van der Waals surface area (Å²) >= 11 is 0. The fraction of sp³-hybridized carbons (Fsp3) is 0.0127. The molecular formula is C79H55BN2. The second-order valence-corrected chi connectivity index (χ2v) is 21.7. The Morgan fingerprint density at radius 2 is 0.500 bits per heavy atom. The van der Waals surface area contributed by atoms with Crippen molar-refractivity contribution in [1.29, 1.82) is 0 Å². The van der Waals surface area contributed by atoms with Crippen LogP contribution in [-0.2, 0) is 0 Å². The summed E-state index contributed by atoms with van der Waals surface area (Å²) in [7, 11) is 0. The molecule has 0 spiro atoms. The monoisotopic (exact) mass is 1040 g/mol. The second kappa shape index (κ2) is 20.6. The van der Waals surface area contributed by atoms with Crippen LogP contribution in [0.4, 0.5) is 34.1 Å². The molecule has 2 aliphatic heterocycles. The average Bonchev–Trinajstić information content (AvgIpc) is 1.67. The van der Waals surface area contributed by atoms with Gasteiger partial charge < -0.3 is 9.80 Å². The molecule has 2 aliphatic rings. The first-order valence-corrected chi connectivity index (χ1v) is 28.4. The van der Waals surface area contributed by atoms with E-state index in [0.29, 0.717) is 0 Å². The number of fused-ring (bicyclic) bond motifs is 4. The van der Waals surface area contributed by atoms with Crippen LogP contribution in [0.25, 0.3) is 89.0 Å². The molecule has 0 aliphatic carbocycles. The third kappa shape index (κ3) is 8.72. The van der Waals surface area contributed by atoms with Gasteiger partial charge in [-0.3, -0.25) is 0 Å². The smallest absolute Gasteiger partial charge is 0.252 e. The van der Waals surface area contributed by atoms with Gasteiger partial charge in [0.05, 0.1) is 0 Å². The Morgan fingerprint density at radius 3 is 0.817 bits per heavy atom. The Balaban J connectivity index is 1.05. The van der Waals surface area contributed by atoms with E-state index in [9.17, 15) is 0 Å². The Bertz CT molecular complexity index is 4100. The lowest BCUT2D eigenvalue weighted by molar-refractivity contribution is 1.24. The molecule has 0 radical (unpaired) electrons. The SMILES string of the molecule is Cc1cc2c3c(c1)N(c1cc(-c4ccccc4)cc(-c4ccccc4)c1)c1ccc(-c4ccccc4-c4ccccc4)cc1B3c1cc(-c3ccccc3-c3ccccc3)ccc1N2c1cc(-c2ccccc2)cc(-c2ccccc2)c1.